The van der Waals surface area contributed by atoms with E-state index >= 15 is 0 Å². The highest BCUT2D eigenvalue weighted by molar-refractivity contribution is 9.10. The van der Waals surface area contributed by atoms with E-state index in [0.29, 0.717) is 16.8 Å². The molecule has 0 aromatic heterocycles. The zero-order chi connectivity index (χ0) is 15.4. The number of aryl methyl sites for hydroxylation is 1. The Balaban J connectivity index is 2.20. The van der Waals surface area contributed by atoms with Crippen molar-refractivity contribution in [1.29, 1.82) is 0 Å². The van der Waals surface area contributed by atoms with Crippen molar-refractivity contribution in [3.8, 4) is 0 Å². The number of amides is 1. The largest absolute Gasteiger partial charge is 0.465 e. The van der Waals surface area contributed by atoms with Crippen molar-refractivity contribution in [1.82, 2.24) is 0 Å². The molecule has 0 spiro atoms. The van der Waals surface area contributed by atoms with E-state index in [9.17, 15) is 9.59 Å². The lowest BCUT2D eigenvalue weighted by Gasteiger charge is -2.08. The summed E-state index contributed by atoms with van der Waals surface area (Å²) in [5.41, 5.74) is 2.51. The monoisotopic (exact) mass is 347 g/mol. The number of anilines is 1. The van der Waals surface area contributed by atoms with Crippen molar-refractivity contribution < 1.29 is 14.3 Å². The third-order valence-corrected chi connectivity index (χ3v) is 3.83. The molecule has 2 aromatic rings. The van der Waals surface area contributed by atoms with Crippen molar-refractivity contribution in [2.75, 3.05) is 12.4 Å². The molecule has 0 unspecified atom stereocenters. The number of methoxy groups -OCH3 is 1. The summed E-state index contributed by atoms with van der Waals surface area (Å²) >= 11 is 3.42. The van der Waals surface area contributed by atoms with Gasteiger partial charge in [0.05, 0.1) is 12.7 Å². The van der Waals surface area contributed by atoms with Crippen LogP contribution in [0.15, 0.2) is 46.9 Å². The standard InChI is InChI=1S/C16H14BrNO3/c1-10-6-7-13(9-14(10)17)18-15(19)11-4-3-5-12(8-11)16(20)21-2/h3-9H,1-2H3,(H,18,19). The number of nitrogens with one attached hydrogen (secondary N) is 1. The van der Waals surface area contributed by atoms with E-state index in [-0.39, 0.29) is 5.91 Å². The van der Waals surface area contributed by atoms with Gasteiger partial charge in [0.15, 0.2) is 0 Å². The van der Waals surface area contributed by atoms with Crippen LogP contribution in [0.4, 0.5) is 5.69 Å². The zero-order valence-corrected chi connectivity index (χ0v) is 13.2. The predicted octanol–water partition coefficient (Wildman–Crippen LogP) is 3.80. The molecule has 0 bridgehead atoms. The lowest BCUT2D eigenvalue weighted by atomic mass is 10.1. The van der Waals surface area contributed by atoms with Gasteiger partial charge in [-0.05, 0) is 42.8 Å². The smallest absolute Gasteiger partial charge is 0.337 e. The number of hydrogen-bond donors (Lipinski definition) is 1. The van der Waals surface area contributed by atoms with Crippen LogP contribution in [0.3, 0.4) is 0 Å². The van der Waals surface area contributed by atoms with E-state index in [2.05, 4.69) is 26.0 Å². The van der Waals surface area contributed by atoms with Crippen LogP contribution >= 0.6 is 15.9 Å². The fourth-order valence-corrected chi connectivity index (χ4v) is 2.16. The highest BCUT2D eigenvalue weighted by atomic mass is 79.9. The van der Waals surface area contributed by atoms with Gasteiger partial charge in [-0.25, -0.2) is 4.79 Å². The second-order valence-electron chi connectivity index (χ2n) is 4.49. The molecule has 2 aromatic carbocycles. The third-order valence-electron chi connectivity index (χ3n) is 2.98. The zero-order valence-electron chi connectivity index (χ0n) is 11.6. The minimum absolute atomic E-state index is 0.281. The van der Waals surface area contributed by atoms with Crippen LogP contribution in [0.2, 0.25) is 0 Å². The Labute approximate surface area is 131 Å². The summed E-state index contributed by atoms with van der Waals surface area (Å²) in [5, 5.41) is 2.79. The number of ether oxygens (including phenoxy) is 1. The van der Waals surface area contributed by atoms with Crippen molar-refractivity contribution in [3.63, 3.8) is 0 Å². The molecule has 1 amide bonds. The topological polar surface area (TPSA) is 55.4 Å². The van der Waals surface area contributed by atoms with Crippen molar-refractivity contribution in [2.24, 2.45) is 0 Å². The maximum absolute atomic E-state index is 12.2. The van der Waals surface area contributed by atoms with Crippen LogP contribution in [-0.4, -0.2) is 19.0 Å². The molecule has 1 N–H and O–H groups in total. The summed E-state index contributed by atoms with van der Waals surface area (Å²) in [6.07, 6.45) is 0. The molecule has 0 aliphatic carbocycles. The summed E-state index contributed by atoms with van der Waals surface area (Å²) in [6.45, 7) is 1.97. The van der Waals surface area contributed by atoms with Crippen LogP contribution in [0.5, 0.6) is 0 Å². The fourth-order valence-electron chi connectivity index (χ4n) is 1.78. The number of carbonyl (C=O) groups is 2. The molecule has 5 heteroatoms. The maximum atomic E-state index is 12.2. The molecule has 108 valence electrons. The van der Waals surface area contributed by atoms with Crippen molar-refractivity contribution in [2.45, 2.75) is 6.92 Å². The lowest BCUT2D eigenvalue weighted by molar-refractivity contribution is 0.0600. The van der Waals surface area contributed by atoms with Gasteiger partial charge in [0.2, 0.25) is 0 Å². The van der Waals surface area contributed by atoms with Crippen LogP contribution in [-0.2, 0) is 4.74 Å². The van der Waals surface area contributed by atoms with Gasteiger partial charge in [-0.1, -0.05) is 28.1 Å². The van der Waals surface area contributed by atoms with Crippen molar-refractivity contribution in [3.05, 3.63) is 63.6 Å². The van der Waals surface area contributed by atoms with Gasteiger partial charge >= 0.3 is 5.97 Å². The van der Waals surface area contributed by atoms with Gasteiger partial charge in [0.25, 0.3) is 5.91 Å². The van der Waals surface area contributed by atoms with E-state index < -0.39 is 5.97 Å². The Kier molecular flexibility index (Phi) is 4.75. The minimum Gasteiger partial charge on any atom is -0.465 e. The molecule has 0 fully saturated rings. The first-order chi connectivity index (χ1) is 10.0. The molecule has 0 saturated heterocycles. The molecule has 0 saturated carbocycles. The summed E-state index contributed by atoms with van der Waals surface area (Å²) in [7, 11) is 1.30. The highest BCUT2D eigenvalue weighted by Gasteiger charge is 2.11. The Bertz CT molecular complexity index is 698. The first-order valence-electron chi connectivity index (χ1n) is 6.27. The number of esters is 1. The average Bonchev–Trinajstić information content (AvgIpc) is 2.50. The Morgan fingerprint density at radius 1 is 1.10 bits per heavy atom. The second kappa shape index (κ2) is 6.54. The molecular weight excluding hydrogens is 334 g/mol. The average molecular weight is 348 g/mol. The third kappa shape index (κ3) is 3.70. The normalized spacial score (nSPS) is 10.0. The Morgan fingerprint density at radius 3 is 2.48 bits per heavy atom. The summed E-state index contributed by atoms with van der Waals surface area (Å²) in [5.74, 6) is -0.751. The number of rotatable bonds is 3. The fraction of sp³-hybridized carbons (Fsp3) is 0.125. The van der Waals surface area contributed by atoms with Gasteiger partial charge in [-0.3, -0.25) is 4.79 Å². The van der Waals surface area contributed by atoms with Crippen molar-refractivity contribution >= 4 is 33.5 Å². The molecule has 21 heavy (non-hydrogen) atoms. The summed E-state index contributed by atoms with van der Waals surface area (Å²) in [6, 6.07) is 12.0. The molecule has 0 aliphatic rings. The summed E-state index contributed by atoms with van der Waals surface area (Å²) < 4.78 is 5.56. The van der Waals surface area contributed by atoms with E-state index in [0.717, 1.165) is 10.0 Å². The van der Waals surface area contributed by atoms with Gasteiger partial charge < -0.3 is 10.1 Å². The van der Waals surface area contributed by atoms with Gasteiger partial charge in [0.1, 0.15) is 0 Å². The first kappa shape index (κ1) is 15.3. The van der Waals surface area contributed by atoms with Crippen LogP contribution in [0.1, 0.15) is 26.3 Å². The van der Waals surface area contributed by atoms with Gasteiger partial charge in [-0.2, -0.15) is 0 Å². The molecule has 0 aliphatic heterocycles. The lowest BCUT2D eigenvalue weighted by Crippen LogP contribution is -2.13. The molecule has 0 radical (unpaired) electrons. The molecule has 0 heterocycles. The molecule has 4 nitrogen and oxygen atoms in total. The number of halogens is 1. The summed E-state index contributed by atoms with van der Waals surface area (Å²) in [4.78, 5) is 23.7. The first-order valence-corrected chi connectivity index (χ1v) is 7.06. The second-order valence-corrected chi connectivity index (χ2v) is 5.34. The Hall–Kier alpha value is -2.14. The van der Waals surface area contributed by atoms with Crippen LogP contribution in [0.25, 0.3) is 0 Å². The number of carbonyl (C=O) groups excluding carboxylic acids is 2. The van der Waals surface area contributed by atoms with Gasteiger partial charge in [-0.15, -0.1) is 0 Å². The number of hydrogen-bond acceptors (Lipinski definition) is 3. The van der Waals surface area contributed by atoms with E-state index in [4.69, 9.17) is 0 Å². The quantitative estimate of drug-likeness (QED) is 0.859. The number of benzene rings is 2. The highest BCUT2D eigenvalue weighted by Crippen LogP contribution is 2.21. The van der Waals surface area contributed by atoms with Crippen LogP contribution < -0.4 is 5.32 Å². The minimum atomic E-state index is -0.470. The maximum Gasteiger partial charge on any atom is 0.337 e. The SMILES string of the molecule is COC(=O)c1cccc(C(=O)Nc2ccc(C)c(Br)c2)c1. The molecule has 2 rings (SSSR count). The Morgan fingerprint density at radius 2 is 1.81 bits per heavy atom. The van der Waals surface area contributed by atoms with E-state index in [1.165, 1.54) is 13.2 Å². The molecule has 0 atom stereocenters. The van der Waals surface area contributed by atoms with E-state index in [1.54, 1.807) is 18.2 Å². The molecular formula is C16H14BrNO3. The van der Waals surface area contributed by atoms with Crippen LogP contribution in [0, 0.1) is 6.92 Å². The van der Waals surface area contributed by atoms with E-state index in [1.807, 2.05) is 25.1 Å². The van der Waals surface area contributed by atoms with Gasteiger partial charge in [0, 0.05) is 15.7 Å². The predicted molar refractivity (Wildman–Crippen MR) is 84.6 cm³/mol.